The molecule has 0 aliphatic carbocycles. The molecule has 0 aromatic heterocycles. The number of nitrogens with one attached hydrogen (secondary N) is 1. The first-order chi connectivity index (χ1) is 14.6. The number of hydrogen-bond acceptors (Lipinski definition) is 7. The van der Waals surface area contributed by atoms with Crippen molar-refractivity contribution in [2.75, 3.05) is 14.2 Å². The lowest BCUT2D eigenvalue weighted by atomic mass is 10.1. The molecule has 0 spiro atoms. The Bertz CT molecular complexity index is 834. The number of amides is 1. The van der Waals surface area contributed by atoms with Gasteiger partial charge in [-0.3, -0.25) is 4.79 Å². The molecule has 2 rings (SSSR count). The number of carbonyl (C=O) groups excluding carboxylic acids is 3. The fourth-order valence-corrected chi connectivity index (χ4v) is 2.39. The molecule has 168 valence electrons. The second-order valence-corrected chi connectivity index (χ2v) is 7.42. The topological polar surface area (TPSA) is 117 Å². The molecule has 0 unspecified atom stereocenters. The summed E-state index contributed by atoms with van der Waals surface area (Å²) < 4.78 is 14.3. The number of alkyl carbamates (subject to hydrolysis) is 1. The maximum atomic E-state index is 11.7. The van der Waals surface area contributed by atoms with Crippen LogP contribution in [0.25, 0.3) is 0 Å². The van der Waals surface area contributed by atoms with Crippen LogP contribution in [0, 0.1) is 0 Å². The van der Waals surface area contributed by atoms with Crippen LogP contribution in [0.15, 0.2) is 60.7 Å². The van der Waals surface area contributed by atoms with Gasteiger partial charge in [0.15, 0.2) is 6.04 Å². The van der Waals surface area contributed by atoms with E-state index < -0.39 is 35.7 Å². The zero-order chi connectivity index (χ0) is 23.4. The maximum absolute atomic E-state index is 11.7. The highest BCUT2D eigenvalue weighted by molar-refractivity contribution is 5.82. The molecule has 0 heterocycles. The summed E-state index contributed by atoms with van der Waals surface area (Å²) >= 11 is 0. The first-order valence-corrected chi connectivity index (χ1v) is 9.59. The van der Waals surface area contributed by atoms with E-state index in [1.54, 1.807) is 57.2 Å². The minimum absolute atomic E-state index is 0.416. The van der Waals surface area contributed by atoms with Gasteiger partial charge in [0.2, 0.25) is 0 Å². The van der Waals surface area contributed by atoms with Crippen LogP contribution in [0.5, 0.6) is 0 Å². The molecule has 0 saturated heterocycles. The maximum Gasteiger partial charge on any atom is 0.408 e. The number of esters is 2. The number of carbonyl (C=O) groups is 3. The van der Waals surface area contributed by atoms with Crippen LogP contribution in [0.4, 0.5) is 4.79 Å². The molecule has 0 aliphatic heterocycles. The fraction of sp³-hybridized carbons (Fsp3) is 0.348. The summed E-state index contributed by atoms with van der Waals surface area (Å²) in [6, 6.07) is 16.4. The van der Waals surface area contributed by atoms with Crippen molar-refractivity contribution in [1.29, 1.82) is 0 Å². The third kappa shape index (κ3) is 9.31. The molecule has 2 aromatic rings. The van der Waals surface area contributed by atoms with Crippen molar-refractivity contribution in [2.45, 2.75) is 38.5 Å². The molecule has 8 nitrogen and oxygen atoms in total. The molecule has 3 N–H and O–H groups in total. The van der Waals surface area contributed by atoms with E-state index in [-0.39, 0.29) is 0 Å². The predicted molar refractivity (Wildman–Crippen MR) is 116 cm³/mol. The van der Waals surface area contributed by atoms with E-state index in [9.17, 15) is 14.4 Å². The lowest BCUT2D eigenvalue weighted by Crippen LogP contribution is -2.38. The Labute approximate surface area is 182 Å². The van der Waals surface area contributed by atoms with Gasteiger partial charge in [0, 0.05) is 0 Å². The summed E-state index contributed by atoms with van der Waals surface area (Å²) in [6.07, 6.45) is -0.660. The quantitative estimate of drug-likeness (QED) is 0.552. The highest BCUT2D eigenvalue weighted by Crippen LogP contribution is 2.16. The van der Waals surface area contributed by atoms with Gasteiger partial charge in [-0.1, -0.05) is 60.7 Å². The number of hydrogen-bond donors (Lipinski definition) is 2. The summed E-state index contributed by atoms with van der Waals surface area (Å²) in [5.74, 6) is -0.960. The minimum atomic E-state index is -0.874. The molecule has 31 heavy (non-hydrogen) atoms. The zero-order valence-corrected chi connectivity index (χ0v) is 18.5. The number of rotatable bonds is 5. The smallest absolute Gasteiger partial charge is 0.408 e. The van der Waals surface area contributed by atoms with Gasteiger partial charge >= 0.3 is 18.0 Å². The average Bonchev–Trinajstić information content (AvgIpc) is 2.76. The van der Waals surface area contributed by atoms with Crippen LogP contribution in [0.3, 0.4) is 0 Å². The van der Waals surface area contributed by atoms with Crippen molar-refractivity contribution in [3.63, 3.8) is 0 Å². The van der Waals surface area contributed by atoms with E-state index in [1.807, 2.05) is 24.3 Å². The summed E-state index contributed by atoms with van der Waals surface area (Å²) in [7, 11) is 2.60. The van der Waals surface area contributed by atoms with Gasteiger partial charge < -0.3 is 25.3 Å². The van der Waals surface area contributed by atoms with Crippen molar-refractivity contribution in [3.05, 3.63) is 71.8 Å². The Morgan fingerprint density at radius 1 is 0.806 bits per heavy atom. The first kappa shape index (κ1) is 25.6. The Kier molecular flexibility index (Phi) is 10.2. The minimum Gasteiger partial charge on any atom is -0.468 e. The standard InChI is InChI=1S/C14H19NO4.C9H11NO2/c1-14(2,3)19-13(17)15-11(12(16)18-4)10-8-6-5-7-9-10;1-12-9(11)8(10)7-5-3-2-4-6-7/h5-9,11H,1-4H3,(H,15,17);2-6,8H,10H2,1H3/t11-;8-/m00/s1. The van der Waals surface area contributed by atoms with Gasteiger partial charge in [0.1, 0.15) is 11.6 Å². The molecule has 0 saturated carbocycles. The molecule has 0 radical (unpaired) electrons. The molecule has 0 fully saturated rings. The largest absolute Gasteiger partial charge is 0.468 e. The predicted octanol–water partition coefficient (Wildman–Crippen LogP) is 3.28. The molecule has 8 heteroatoms. The van der Waals surface area contributed by atoms with Crippen molar-refractivity contribution in [2.24, 2.45) is 5.73 Å². The summed E-state index contributed by atoms with van der Waals surface area (Å²) in [6.45, 7) is 5.26. The number of ether oxygens (including phenoxy) is 3. The number of benzene rings is 2. The van der Waals surface area contributed by atoms with Crippen molar-refractivity contribution >= 4 is 18.0 Å². The second-order valence-electron chi connectivity index (χ2n) is 7.42. The average molecular weight is 431 g/mol. The van der Waals surface area contributed by atoms with Gasteiger partial charge in [-0.15, -0.1) is 0 Å². The molecule has 0 aliphatic rings. The van der Waals surface area contributed by atoms with E-state index in [4.69, 9.17) is 10.5 Å². The van der Waals surface area contributed by atoms with Crippen molar-refractivity contribution in [1.82, 2.24) is 5.32 Å². The van der Waals surface area contributed by atoms with Crippen molar-refractivity contribution in [3.8, 4) is 0 Å². The first-order valence-electron chi connectivity index (χ1n) is 9.59. The third-order valence-corrected chi connectivity index (χ3v) is 3.84. The monoisotopic (exact) mass is 430 g/mol. The van der Waals surface area contributed by atoms with Gasteiger partial charge in [-0.05, 0) is 31.9 Å². The van der Waals surface area contributed by atoms with E-state index in [0.717, 1.165) is 5.56 Å². The molecule has 0 bridgehead atoms. The third-order valence-electron chi connectivity index (χ3n) is 3.84. The Balaban J connectivity index is 0.000000343. The van der Waals surface area contributed by atoms with Crippen LogP contribution in [0.1, 0.15) is 44.0 Å². The SMILES string of the molecule is COC(=O)[C@@H](N)c1ccccc1.COC(=O)[C@@H](NC(=O)OC(C)(C)C)c1ccccc1. The zero-order valence-electron chi connectivity index (χ0n) is 18.5. The van der Waals surface area contributed by atoms with Gasteiger partial charge in [0.05, 0.1) is 14.2 Å². The van der Waals surface area contributed by atoms with Gasteiger partial charge in [-0.25, -0.2) is 9.59 Å². The number of nitrogens with two attached hydrogens (primary N) is 1. The Morgan fingerprint density at radius 2 is 1.26 bits per heavy atom. The Hall–Kier alpha value is -3.39. The fourth-order valence-electron chi connectivity index (χ4n) is 2.39. The van der Waals surface area contributed by atoms with Crippen LogP contribution < -0.4 is 11.1 Å². The van der Waals surface area contributed by atoms with Crippen LogP contribution in [-0.4, -0.2) is 37.9 Å². The van der Waals surface area contributed by atoms with Gasteiger partial charge in [0.25, 0.3) is 0 Å². The lowest BCUT2D eigenvalue weighted by molar-refractivity contribution is -0.143. The van der Waals surface area contributed by atoms with E-state index >= 15 is 0 Å². The molecule has 1 amide bonds. The van der Waals surface area contributed by atoms with Crippen LogP contribution >= 0.6 is 0 Å². The van der Waals surface area contributed by atoms with E-state index in [2.05, 4.69) is 14.8 Å². The molecular weight excluding hydrogens is 400 g/mol. The lowest BCUT2D eigenvalue weighted by Gasteiger charge is -2.22. The summed E-state index contributed by atoms with van der Waals surface area (Å²) in [5, 5.41) is 2.50. The highest BCUT2D eigenvalue weighted by Gasteiger charge is 2.26. The van der Waals surface area contributed by atoms with Crippen LogP contribution in [0.2, 0.25) is 0 Å². The number of methoxy groups -OCH3 is 2. The van der Waals surface area contributed by atoms with E-state index in [0.29, 0.717) is 5.56 Å². The highest BCUT2D eigenvalue weighted by atomic mass is 16.6. The van der Waals surface area contributed by atoms with E-state index in [1.165, 1.54) is 14.2 Å². The second kappa shape index (κ2) is 12.3. The van der Waals surface area contributed by atoms with Crippen LogP contribution in [-0.2, 0) is 23.8 Å². The van der Waals surface area contributed by atoms with Gasteiger partial charge in [-0.2, -0.15) is 0 Å². The Morgan fingerprint density at radius 3 is 1.68 bits per heavy atom. The summed E-state index contributed by atoms with van der Waals surface area (Å²) in [4.78, 5) is 34.4. The summed E-state index contributed by atoms with van der Waals surface area (Å²) in [5.41, 5.74) is 6.36. The molecular formula is C23H30N2O6. The normalized spacial score (nSPS) is 12.3. The van der Waals surface area contributed by atoms with Crippen molar-refractivity contribution < 1.29 is 28.6 Å². The molecule has 2 aromatic carbocycles. The molecule has 2 atom stereocenters.